The summed E-state index contributed by atoms with van der Waals surface area (Å²) < 4.78 is 0. The number of nitrogens with zero attached hydrogens (tertiary/aromatic N) is 2. The van der Waals surface area contributed by atoms with Crippen molar-refractivity contribution in [1.82, 2.24) is 5.32 Å². The molecule has 2 N–H and O–H groups in total. The summed E-state index contributed by atoms with van der Waals surface area (Å²) in [5.74, 6) is -0.983. The zero-order valence-electron chi connectivity index (χ0n) is 11.1. The third-order valence-electron chi connectivity index (χ3n) is 3.08. The minimum atomic E-state index is -0.872. The van der Waals surface area contributed by atoms with Crippen LogP contribution in [0, 0.1) is 0 Å². The summed E-state index contributed by atoms with van der Waals surface area (Å²) in [6.07, 6.45) is 1.35. The van der Waals surface area contributed by atoms with Crippen LogP contribution in [-0.2, 0) is 16.0 Å². The normalized spacial score (nSPS) is 12.2. The molecule has 0 spiro atoms. The Morgan fingerprint density at radius 3 is 2.90 bits per heavy atom. The zero-order chi connectivity index (χ0) is 14.4. The fraction of sp³-hybridized carbons (Fsp3) is 0.429. The molecular weight excluding hydrogens is 258 g/mol. The number of rotatable bonds is 7. The highest BCUT2D eigenvalue weighted by Crippen LogP contribution is 1.96. The molecule has 6 heteroatoms. The smallest absolute Gasteiger partial charge is 0.303 e. The first-order chi connectivity index (χ1) is 9.66. The molecule has 0 radical (unpaired) electrons. The Kier molecular flexibility index (Phi) is 4.81. The van der Waals surface area contributed by atoms with Crippen LogP contribution in [0.15, 0.2) is 28.2 Å². The molecular formula is C14H17N3O3. The number of carbonyl (C=O) groups excluding carboxylic acids is 1. The van der Waals surface area contributed by atoms with E-state index in [1.165, 1.54) is 0 Å². The van der Waals surface area contributed by atoms with Gasteiger partial charge in [0.2, 0.25) is 5.91 Å². The van der Waals surface area contributed by atoms with Gasteiger partial charge in [0.05, 0.1) is 10.7 Å². The summed E-state index contributed by atoms with van der Waals surface area (Å²) in [6.45, 7) is 1.01. The van der Waals surface area contributed by atoms with Gasteiger partial charge in [-0.25, -0.2) is 0 Å². The lowest BCUT2D eigenvalue weighted by Gasteiger charge is -2.05. The van der Waals surface area contributed by atoms with Gasteiger partial charge in [-0.15, -0.1) is 0 Å². The van der Waals surface area contributed by atoms with Crippen LogP contribution in [0.25, 0.3) is 0 Å². The first-order valence-electron chi connectivity index (χ1n) is 6.62. The second-order valence-electron chi connectivity index (χ2n) is 4.59. The van der Waals surface area contributed by atoms with Crippen LogP contribution < -0.4 is 16.0 Å². The van der Waals surface area contributed by atoms with E-state index in [2.05, 4.69) is 15.3 Å². The minimum absolute atomic E-state index is 0.0278. The number of hydrogen-bond acceptors (Lipinski definition) is 4. The second kappa shape index (κ2) is 6.79. The first kappa shape index (κ1) is 14.2. The Labute approximate surface area is 116 Å². The van der Waals surface area contributed by atoms with Crippen LogP contribution >= 0.6 is 0 Å². The fourth-order valence-corrected chi connectivity index (χ4v) is 2.10. The molecule has 0 unspecified atom stereocenters. The average molecular weight is 275 g/mol. The molecule has 0 aromatic heterocycles. The van der Waals surface area contributed by atoms with Crippen molar-refractivity contribution in [1.29, 1.82) is 0 Å². The Balaban J connectivity index is 1.77. The van der Waals surface area contributed by atoms with Crippen molar-refractivity contribution >= 4 is 11.9 Å². The molecule has 1 aliphatic heterocycles. The lowest BCUT2D eigenvalue weighted by molar-refractivity contribution is -0.137. The van der Waals surface area contributed by atoms with Gasteiger partial charge in [-0.2, -0.15) is 0 Å². The highest BCUT2D eigenvalue weighted by Gasteiger charge is 2.05. The van der Waals surface area contributed by atoms with Crippen molar-refractivity contribution in [3.8, 4) is 0 Å². The molecule has 1 aromatic rings. The van der Waals surface area contributed by atoms with Gasteiger partial charge in [0.25, 0.3) is 0 Å². The second-order valence-corrected chi connectivity index (χ2v) is 4.59. The molecule has 1 aromatic carbocycles. The van der Waals surface area contributed by atoms with Crippen molar-refractivity contribution < 1.29 is 14.7 Å². The average Bonchev–Trinajstić information content (AvgIpc) is 2.87. The molecule has 1 heterocycles. The molecule has 0 fully saturated rings. The summed E-state index contributed by atoms with van der Waals surface area (Å²) in [6, 6.07) is 5.85. The van der Waals surface area contributed by atoms with Gasteiger partial charge in [-0.05, 0) is 24.5 Å². The van der Waals surface area contributed by atoms with Crippen molar-refractivity contribution in [2.24, 2.45) is 9.98 Å². The summed E-state index contributed by atoms with van der Waals surface area (Å²) >= 11 is 0. The van der Waals surface area contributed by atoms with E-state index >= 15 is 0 Å². The number of para-hydroxylation sites is 1. The maximum Gasteiger partial charge on any atom is 0.303 e. The van der Waals surface area contributed by atoms with Crippen LogP contribution in [0.3, 0.4) is 0 Å². The minimum Gasteiger partial charge on any atom is -0.481 e. The van der Waals surface area contributed by atoms with Gasteiger partial charge >= 0.3 is 5.97 Å². The molecule has 2 rings (SSSR count). The van der Waals surface area contributed by atoms with Gasteiger partial charge in [-0.3, -0.25) is 19.6 Å². The molecule has 0 aliphatic carbocycles. The van der Waals surface area contributed by atoms with Gasteiger partial charge in [-0.1, -0.05) is 12.1 Å². The highest BCUT2D eigenvalue weighted by atomic mass is 16.4. The number of fused-ring (bicyclic) bond motifs is 1. The molecule has 1 aliphatic rings. The number of carboxylic acids is 1. The van der Waals surface area contributed by atoms with Crippen LogP contribution in [-0.4, -0.2) is 30.2 Å². The van der Waals surface area contributed by atoms with Crippen LogP contribution in [0.5, 0.6) is 0 Å². The van der Waals surface area contributed by atoms with E-state index in [0.29, 0.717) is 26.1 Å². The zero-order valence-corrected chi connectivity index (χ0v) is 11.1. The molecule has 0 saturated carbocycles. The lowest BCUT2D eigenvalue weighted by Crippen LogP contribution is -2.30. The predicted octanol–water partition coefficient (Wildman–Crippen LogP) is -0.189. The topological polar surface area (TPSA) is 91.1 Å². The Hall–Kier alpha value is -2.24. The van der Waals surface area contributed by atoms with Gasteiger partial charge in [0, 0.05) is 19.4 Å². The predicted molar refractivity (Wildman–Crippen MR) is 71.8 cm³/mol. The summed E-state index contributed by atoms with van der Waals surface area (Å²) in [7, 11) is 0. The number of nitrogens with one attached hydrogen (secondary N) is 1. The van der Waals surface area contributed by atoms with E-state index < -0.39 is 5.97 Å². The lowest BCUT2D eigenvalue weighted by atomic mass is 10.1. The van der Waals surface area contributed by atoms with Gasteiger partial charge < -0.3 is 10.4 Å². The number of carbonyl (C=O) groups is 2. The first-order valence-corrected chi connectivity index (χ1v) is 6.62. The van der Waals surface area contributed by atoms with Crippen molar-refractivity contribution in [2.75, 3.05) is 13.2 Å². The molecule has 106 valence electrons. The van der Waals surface area contributed by atoms with Gasteiger partial charge in [0.15, 0.2) is 0 Å². The quantitative estimate of drug-likeness (QED) is 0.722. The molecule has 0 atom stereocenters. The Bertz CT molecular complexity index is 625. The Morgan fingerprint density at radius 2 is 2.10 bits per heavy atom. The van der Waals surface area contributed by atoms with Crippen molar-refractivity contribution in [3.63, 3.8) is 0 Å². The number of hydrogen-bond donors (Lipinski definition) is 2. The third kappa shape index (κ3) is 3.88. The maximum atomic E-state index is 11.5. The van der Waals surface area contributed by atoms with E-state index in [-0.39, 0.29) is 18.7 Å². The summed E-state index contributed by atoms with van der Waals surface area (Å²) in [4.78, 5) is 30.4. The molecule has 6 nitrogen and oxygen atoms in total. The third-order valence-corrected chi connectivity index (χ3v) is 3.08. The SMILES string of the molecule is O=C(O)CCCC(=O)NCCc1cccc2c1=NCN=2. The van der Waals surface area contributed by atoms with E-state index in [0.717, 1.165) is 16.3 Å². The molecule has 0 bridgehead atoms. The van der Waals surface area contributed by atoms with Crippen LogP contribution in [0.2, 0.25) is 0 Å². The van der Waals surface area contributed by atoms with E-state index in [4.69, 9.17) is 5.11 Å². The standard InChI is InChI=1S/C14H17N3O3/c18-12(5-2-6-13(19)20)15-8-7-10-3-1-4-11-14(10)17-9-16-11/h1,3-4H,2,5-9H2,(H,15,18)(H,19,20). The number of amides is 1. The molecule has 1 amide bonds. The maximum absolute atomic E-state index is 11.5. The van der Waals surface area contributed by atoms with E-state index in [1.807, 2.05) is 18.2 Å². The van der Waals surface area contributed by atoms with Crippen LogP contribution in [0.4, 0.5) is 0 Å². The highest BCUT2D eigenvalue weighted by molar-refractivity contribution is 5.76. The fourth-order valence-electron chi connectivity index (χ4n) is 2.10. The largest absolute Gasteiger partial charge is 0.481 e. The van der Waals surface area contributed by atoms with Crippen molar-refractivity contribution in [2.45, 2.75) is 25.7 Å². The van der Waals surface area contributed by atoms with Gasteiger partial charge in [0.1, 0.15) is 6.67 Å². The molecule has 20 heavy (non-hydrogen) atoms. The van der Waals surface area contributed by atoms with E-state index in [1.54, 1.807) is 0 Å². The monoisotopic (exact) mass is 275 g/mol. The number of aliphatic carboxylic acids is 1. The molecule has 0 saturated heterocycles. The van der Waals surface area contributed by atoms with Crippen LogP contribution in [0.1, 0.15) is 24.8 Å². The number of benzene rings is 1. The number of carboxylic acid groups (broad SMARTS) is 1. The summed E-state index contributed by atoms with van der Waals surface area (Å²) in [5.41, 5.74) is 1.08. The summed E-state index contributed by atoms with van der Waals surface area (Å²) in [5, 5.41) is 13.1. The van der Waals surface area contributed by atoms with Crippen molar-refractivity contribution in [3.05, 3.63) is 34.5 Å². The van der Waals surface area contributed by atoms with E-state index in [9.17, 15) is 9.59 Å². The Morgan fingerprint density at radius 1 is 1.25 bits per heavy atom.